The summed E-state index contributed by atoms with van der Waals surface area (Å²) in [7, 11) is 0. The Morgan fingerprint density at radius 3 is 0.912 bits per heavy atom. The minimum absolute atomic E-state index is 0.0833. The third-order valence-electron chi connectivity index (χ3n) is 12.8. The van der Waals surface area contributed by atoms with Gasteiger partial charge >= 0.3 is 17.9 Å². The zero-order chi connectivity index (χ0) is 49.3. The Labute approximate surface area is 421 Å². The molecule has 0 aliphatic rings. The average Bonchev–Trinajstić information content (AvgIpc) is 3.34. The third-order valence-corrected chi connectivity index (χ3v) is 12.8. The van der Waals surface area contributed by atoms with Gasteiger partial charge in [-0.05, 0) is 83.5 Å². The van der Waals surface area contributed by atoms with E-state index in [2.05, 4.69) is 81.5 Å². The first-order valence-electron chi connectivity index (χ1n) is 29.3. The summed E-state index contributed by atoms with van der Waals surface area (Å²) in [6, 6.07) is 0. The number of allylic oxidation sites excluding steroid dienone is 10. The van der Waals surface area contributed by atoms with Crippen LogP contribution >= 0.6 is 0 Å². The molecule has 0 rings (SSSR count). The van der Waals surface area contributed by atoms with Gasteiger partial charge in [0.05, 0.1) is 0 Å². The summed E-state index contributed by atoms with van der Waals surface area (Å²) < 4.78 is 16.8. The number of esters is 3. The highest BCUT2D eigenvalue weighted by molar-refractivity contribution is 5.71. The first-order chi connectivity index (χ1) is 33.5. The van der Waals surface area contributed by atoms with Crippen molar-refractivity contribution in [2.45, 2.75) is 303 Å². The second-order valence-corrected chi connectivity index (χ2v) is 19.5. The topological polar surface area (TPSA) is 78.9 Å². The van der Waals surface area contributed by atoms with E-state index in [9.17, 15) is 14.4 Å². The van der Waals surface area contributed by atoms with E-state index in [-0.39, 0.29) is 31.1 Å². The lowest BCUT2D eigenvalue weighted by molar-refractivity contribution is -0.167. The number of carbonyl (C=O) groups excluding carboxylic acids is 3. The fourth-order valence-electron chi connectivity index (χ4n) is 8.37. The Hall–Kier alpha value is -2.89. The van der Waals surface area contributed by atoms with Crippen LogP contribution in [0.2, 0.25) is 0 Å². The summed E-state index contributed by atoms with van der Waals surface area (Å²) >= 11 is 0. The molecule has 0 radical (unpaired) electrons. The van der Waals surface area contributed by atoms with Crippen LogP contribution in [0.4, 0.5) is 0 Å². The molecule has 0 N–H and O–H groups in total. The molecule has 6 heteroatoms. The number of ether oxygens (including phenoxy) is 3. The van der Waals surface area contributed by atoms with E-state index in [1.165, 1.54) is 167 Å². The van der Waals surface area contributed by atoms with Crippen molar-refractivity contribution >= 4 is 17.9 Å². The zero-order valence-electron chi connectivity index (χ0n) is 45.1. The van der Waals surface area contributed by atoms with Crippen molar-refractivity contribution in [2.75, 3.05) is 13.2 Å². The van der Waals surface area contributed by atoms with Crippen LogP contribution in [-0.4, -0.2) is 37.2 Å². The lowest BCUT2D eigenvalue weighted by Gasteiger charge is -2.18. The van der Waals surface area contributed by atoms with Gasteiger partial charge in [0, 0.05) is 19.3 Å². The molecule has 1 atom stereocenters. The van der Waals surface area contributed by atoms with Crippen molar-refractivity contribution in [1.82, 2.24) is 0 Å². The normalized spacial score (nSPS) is 12.5. The molecule has 0 bridgehead atoms. The van der Waals surface area contributed by atoms with Crippen LogP contribution in [0, 0.1) is 0 Å². The Bertz CT molecular complexity index is 1230. The molecule has 0 aliphatic carbocycles. The predicted molar refractivity (Wildman–Crippen MR) is 293 cm³/mol. The van der Waals surface area contributed by atoms with Crippen LogP contribution in [0.15, 0.2) is 60.8 Å². The molecule has 0 aromatic heterocycles. The molecule has 0 aromatic carbocycles. The molecule has 0 amide bonds. The third kappa shape index (κ3) is 54.1. The second kappa shape index (κ2) is 56.7. The van der Waals surface area contributed by atoms with E-state index in [1.54, 1.807) is 0 Å². The molecule has 6 nitrogen and oxygen atoms in total. The van der Waals surface area contributed by atoms with Crippen molar-refractivity contribution in [2.24, 2.45) is 0 Å². The fourth-order valence-corrected chi connectivity index (χ4v) is 8.37. The number of unbranched alkanes of at least 4 members (excludes halogenated alkanes) is 32. The van der Waals surface area contributed by atoms with Crippen molar-refractivity contribution in [3.8, 4) is 0 Å². The second-order valence-electron chi connectivity index (χ2n) is 19.5. The van der Waals surface area contributed by atoms with Gasteiger partial charge in [-0.2, -0.15) is 0 Å². The van der Waals surface area contributed by atoms with Crippen LogP contribution in [0.1, 0.15) is 297 Å². The number of carbonyl (C=O) groups is 3. The lowest BCUT2D eigenvalue weighted by Crippen LogP contribution is -2.30. The standard InChI is InChI=1S/C62H110O6/c1-4-7-10-13-16-19-22-24-25-26-27-28-29-30-31-32-33-34-35-36-37-39-40-43-46-49-52-55-61(64)67-58-59(57-66-60(63)54-51-48-45-42-21-18-15-12-9-6-3)68-62(65)56-53-50-47-44-41-38-23-20-17-14-11-8-5-2/h8,11,17,20,22,24,26-27,38,41,59H,4-7,9-10,12-16,18-19,21,23,25,28-37,39-40,42-58H2,1-3H3/b11-8-,20-17-,24-22-,27-26-,41-38-. The smallest absolute Gasteiger partial charge is 0.306 e. The highest BCUT2D eigenvalue weighted by Crippen LogP contribution is 2.16. The van der Waals surface area contributed by atoms with Gasteiger partial charge in [0.2, 0.25) is 0 Å². The molecule has 0 heterocycles. The molecule has 68 heavy (non-hydrogen) atoms. The maximum Gasteiger partial charge on any atom is 0.306 e. The van der Waals surface area contributed by atoms with E-state index >= 15 is 0 Å². The van der Waals surface area contributed by atoms with E-state index in [0.29, 0.717) is 19.3 Å². The van der Waals surface area contributed by atoms with Gasteiger partial charge in [-0.25, -0.2) is 0 Å². The number of hydrogen-bond donors (Lipinski definition) is 0. The van der Waals surface area contributed by atoms with Gasteiger partial charge in [-0.1, -0.05) is 255 Å². The summed E-state index contributed by atoms with van der Waals surface area (Å²) in [6.07, 6.45) is 70.9. The molecule has 0 fully saturated rings. The van der Waals surface area contributed by atoms with Crippen molar-refractivity contribution < 1.29 is 28.6 Å². The van der Waals surface area contributed by atoms with Crippen LogP contribution in [0.5, 0.6) is 0 Å². The first kappa shape index (κ1) is 65.1. The van der Waals surface area contributed by atoms with E-state index < -0.39 is 6.10 Å². The van der Waals surface area contributed by atoms with Gasteiger partial charge in [0.25, 0.3) is 0 Å². The molecular weight excluding hydrogens is 841 g/mol. The summed E-state index contributed by atoms with van der Waals surface area (Å²) in [6.45, 7) is 6.50. The van der Waals surface area contributed by atoms with Gasteiger partial charge in [-0.3, -0.25) is 14.4 Å². The zero-order valence-corrected chi connectivity index (χ0v) is 45.1. The summed E-state index contributed by atoms with van der Waals surface area (Å²) in [5.41, 5.74) is 0. The molecule has 0 saturated carbocycles. The molecule has 0 saturated heterocycles. The number of rotatable bonds is 53. The quantitative estimate of drug-likeness (QED) is 0.0262. The van der Waals surface area contributed by atoms with Crippen LogP contribution in [0.3, 0.4) is 0 Å². The minimum Gasteiger partial charge on any atom is -0.462 e. The van der Waals surface area contributed by atoms with E-state index in [0.717, 1.165) is 89.9 Å². The van der Waals surface area contributed by atoms with Crippen LogP contribution in [0.25, 0.3) is 0 Å². The van der Waals surface area contributed by atoms with Gasteiger partial charge in [0.1, 0.15) is 13.2 Å². The monoisotopic (exact) mass is 951 g/mol. The average molecular weight is 952 g/mol. The maximum atomic E-state index is 12.8. The Kier molecular flexibility index (Phi) is 54.3. The fraction of sp³-hybridized carbons (Fsp3) is 0.790. The Morgan fingerprint density at radius 1 is 0.309 bits per heavy atom. The first-order valence-corrected chi connectivity index (χ1v) is 29.3. The Balaban J connectivity index is 4.16. The predicted octanol–water partition coefficient (Wildman–Crippen LogP) is 19.6. The maximum absolute atomic E-state index is 12.8. The van der Waals surface area contributed by atoms with Crippen LogP contribution in [-0.2, 0) is 28.6 Å². The number of hydrogen-bond acceptors (Lipinski definition) is 6. The molecule has 394 valence electrons. The molecule has 0 aromatic rings. The molecule has 1 unspecified atom stereocenters. The SMILES string of the molecule is CC/C=C\C/C=C\C/C=C\CCCCCC(=O)OC(COC(=O)CCCCCCCCCCCC)COC(=O)CCCCCCCCCCCCCCCCC/C=C\C/C=C\CCCCCCC. The van der Waals surface area contributed by atoms with Crippen molar-refractivity contribution in [3.05, 3.63) is 60.8 Å². The largest absolute Gasteiger partial charge is 0.462 e. The summed E-state index contributed by atoms with van der Waals surface area (Å²) in [4.78, 5) is 38.0. The molecule has 0 aliphatic heterocycles. The van der Waals surface area contributed by atoms with Gasteiger partial charge < -0.3 is 14.2 Å². The van der Waals surface area contributed by atoms with E-state index in [1.807, 2.05) is 0 Å². The summed E-state index contributed by atoms with van der Waals surface area (Å²) in [5, 5.41) is 0. The Morgan fingerprint density at radius 2 is 0.574 bits per heavy atom. The van der Waals surface area contributed by atoms with E-state index in [4.69, 9.17) is 14.2 Å². The van der Waals surface area contributed by atoms with Crippen molar-refractivity contribution in [3.63, 3.8) is 0 Å². The highest BCUT2D eigenvalue weighted by Gasteiger charge is 2.19. The molecule has 0 spiro atoms. The highest BCUT2D eigenvalue weighted by atomic mass is 16.6. The summed E-state index contributed by atoms with van der Waals surface area (Å²) in [5.74, 6) is -0.905. The van der Waals surface area contributed by atoms with Crippen LogP contribution < -0.4 is 0 Å². The van der Waals surface area contributed by atoms with Gasteiger partial charge in [0.15, 0.2) is 6.10 Å². The molecular formula is C62H110O6. The lowest BCUT2D eigenvalue weighted by atomic mass is 10.0. The van der Waals surface area contributed by atoms with Crippen molar-refractivity contribution in [1.29, 1.82) is 0 Å². The minimum atomic E-state index is -0.786. The van der Waals surface area contributed by atoms with Gasteiger partial charge in [-0.15, -0.1) is 0 Å².